The zero-order valence-corrected chi connectivity index (χ0v) is 51.9. The molecule has 92 heavy (non-hydrogen) atoms. The lowest BCUT2D eigenvalue weighted by Gasteiger charge is -2.27. The summed E-state index contributed by atoms with van der Waals surface area (Å²) in [6.07, 6.45) is 9.42. The van der Waals surface area contributed by atoms with E-state index < -0.39 is 17.5 Å². The molecule has 0 atom stereocenters. The Morgan fingerprint density at radius 3 is 1.48 bits per heavy atom. The SMILES string of the molecule is O=C(NCc1ncccc1F)c1csc(CCCCc2nc3ccccc3[nH]2)n1.O=C(NCc1ncccc1F)c1csc(CCN2CCn3c(nc4ccccc43)C2)n1.O=C(NCc1ncccc1F)c1csc(CCN2Cc3nc4ccccc4n3CC2=O)n1. The predicted molar refractivity (Wildman–Crippen MR) is 343 cm³/mol. The van der Waals surface area contributed by atoms with Crippen molar-refractivity contribution in [1.82, 2.24) is 84.7 Å². The number of rotatable bonds is 20. The maximum atomic E-state index is 13.6. The van der Waals surface area contributed by atoms with E-state index in [-0.39, 0.29) is 72.6 Å². The van der Waals surface area contributed by atoms with Crippen LogP contribution in [0.25, 0.3) is 33.1 Å². The highest BCUT2D eigenvalue weighted by atomic mass is 32.1. The fourth-order valence-electron chi connectivity index (χ4n) is 10.5. The van der Waals surface area contributed by atoms with E-state index in [0.29, 0.717) is 30.9 Å². The third-order valence-corrected chi connectivity index (χ3v) is 18.0. The molecular weight excluding hydrogens is 1240 g/mol. The average molecular weight is 1300 g/mol. The fraction of sp³-hybridized carbons (Fsp3) is 0.246. The summed E-state index contributed by atoms with van der Waals surface area (Å²) < 4.78 is 45.1. The van der Waals surface area contributed by atoms with Gasteiger partial charge in [-0.2, -0.15) is 0 Å². The fourth-order valence-corrected chi connectivity index (χ4v) is 12.9. The molecule has 0 bridgehead atoms. The van der Waals surface area contributed by atoms with Crippen LogP contribution < -0.4 is 16.0 Å². The minimum atomic E-state index is -0.466. The molecule has 0 saturated carbocycles. The van der Waals surface area contributed by atoms with Crippen LogP contribution in [0.15, 0.2) is 144 Å². The van der Waals surface area contributed by atoms with Crippen LogP contribution in [0.3, 0.4) is 0 Å². The number of benzene rings is 3. The molecule has 3 aromatic carbocycles. The van der Waals surface area contributed by atoms with E-state index in [9.17, 15) is 32.3 Å². The van der Waals surface area contributed by atoms with Crippen molar-refractivity contribution in [3.05, 3.63) is 228 Å². The third-order valence-electron chi connectivity index (χ3n) is 15.3. The molecule has 0 spiro atoms. The molecule has 11 heterocycles. The Hall–Kier alpha value is -9.96. The van der Waals surface area contributed by atoms with Gasteiger partial charge in [0.25, 0.3) is 17.7 Å². The van der Waals surface area contributed by atoms with Crippen LogP contribution >= 0.6 is 34.0 Å². The summed E-state index contributed by atoms with van der Waals surface area (Å²) in [7, 11) is 0. The molecule has 0 saturated heterocycles. The number of carbonyl (C=O) groups excluding carboxylic acids is 4. The number of fused-ring (bicyclic) bond motifs is 7. The molecule has 468 valence electrons. The first-order valence-corrected chi connectivity index (χ1v) is 32.4. The standard InChI is InChI=1S/C22H19FN6O2S.C22H21FN6OS.C21H20FN5OS/c23-14-4-3-8-24-16(14)10-25-22(31)17-13-32-20(27-17)7-9-28-11-19-26-15-5-1-2-6-18(15)29(19)12-21(28)30;23-15-4-3-8-24-17(15)12-25-22(30)18-14-31-21(27-18)7-9-28-10-11-29-19-6-2-1-5-16(19)26-20(29)13-28;22-14-6-5-11-23-17(14)12-24-21(28)18-13-29-20(27-18)10-4-3-9-19-25-15-7-1-2-8-16(15)26-19/h1-6,8,13H,7,9-12H2,(H,25,31);1-6,8,14H,7,9-13H2,(H,25,30);1-2,5-8,11,13H,3-4,9-10,12H2,(H,24,28)(H,25,26). The average Bonchev–Trinajstić information content (AvgIpc) is 1.72. The van der Waals surface area contributed by atoms with E-state index >= 15 is 0 Å². The highest BCUT2D eigenvalue weighted by Crippen LogP contribution is 2.25. The van der Waals surface area contributed by atoms with E-state index in [0.717, 1.165) is 118 Å². The zero-order valence-electron chi connectivity index (χ0n) is 49.5. The van der Waals surface area contributed by atoms with Crippen molar-refractivity contribution in [3.8, 4) is 0 Å². The Morgan fingerprint density at radius 1 is 0.478 bits per heavy atom. The number of nitrogens with one attached hydrogen (secondary N) is 4. The van der Waals surface area contributed by atoms with Gasteiger partial charge in [0, 0.05) is 80.2 Å². The lowest BCUT2D eigenvalue weighted by atomic mass is 10.2. The van der Waals surface area contributed by atoms with Gasteiger partial charge in [-0.15, -0.1) is 34.0 Å². The number of aryl methyl sites for hydroxylation is 2. The summed E-state index contributed by atoms with van der Waals surface area (Å²) in [4.78, 5) is 96.0. The molecule has 0 fully saturated rings. The van der Waals surface area contributed by atoms with Gasteiger partial charge in [-0.05, 0) is 92.1 Å². The van der Waals surface area contributed by atoms with Gasteiger partial charge in [-0.3, -0.25) is 39.0 Å². The van der Waals surface area contributed by atoms with Crippen molar-refractivity contribution >= 4 is 90.7 Å². The van der Waals surface area contributed by atoms with Crippen LogP contribution in [0.2, 0.25) is 0 Å². The maximum Gasteiger partial charge on any atom is 0.271 e. The molecule has 0 radical (unpaired) electrons. The van der Waals surface area contributed by atoms with Crippen molar-refractivity contribution in [2.45, 2.75) is 84.3 Å². The number of carbonyl (C=O) groups is 4. The number of pyridine rings is 3. The zero-order chi connectivity index (χ0) is 63.3. The number of H-pyrrole nitrogens is 1. The number of amides is 4. The van der Waals surface area contributed by atoms with E-state index in [1.807, 2.05) is 65.2 Å². The minimum absolute atomic E-state index is 0.0123. The van der Waals surface area contributed by atoms with Crippen LogP contribution in [0.5, 0.6) is 0 Å². The summed E-state index contributed by atoms with van der Waals surface area (Å²) in [6, 6.07) is 32.5. The molecule has 4 N–H and O–H groups in total. The molecule has 0 unspecified atom stereocenters. The number of hydrogen-bond donors (Lipinski definition) is 4. The van der Waals surface area contributed by atoms with Crippen molar-refractivity contribution in [3.63, 3.8) is 0 Å². The molecule has 0 aliphatic carbocycles. The smallest absolute Gasteiger partial charge is 0.271 e. The summed E-state index contributed by atoms with van der Waals surface area (Å²) in [5, 5.41) is 15.7. The number of unbranched alkanes of at least 4 members (excludes halogenated alkanes) is 1. The second-order valence-corrected chi connectivity index (χ2v) is 24.3. The Morgan fingerprint density at radius 2 is 0.946 bits per heavy atom. The first kappa shape index (κ1) is 62.2. The van der Waals surface area contributed by atoms with Gasteiger partial charge < -0.3 is 35.0 Å². The van der Waals surface area contributed by atoms with Gasteiger partial charge in [0.2, 0.25) is 5.91 Å². The van der Waals surface area contributed by atoms with E-state index in [1.54, 1.807) is 21.0 Å². The van der Waals surface area contributed by atoms with Crippen LogP contribution in [0, 0.1) is 17.5 Å². The number of aromatic amines is 1. The number of hydrogen-bond acceptors (Lipinski definition) is 17. The molecule has 21 nitrogen and oxygen atoms in total. The topological polar surface area (TPSA) is 253 Å². The van der Waals surface area contributed by atoms with Gasteiger partial charge in [0.15, 0.2) is 0 Å². The van der Waals surface area contributed by atoms with Gasteiger partial charge in [-0.25, -0.2) is 43.1 Å². The lowest BCUT2D eigenvalue weighted by Crippen LogP contribution is -2.40. The molecule has 4 amide bonds. The van der Waals surface area contributed by atoms with Crippen LogP contribution in [0.4, 0.5) is 13.2 Å². The minimum Gasteiger partial charge on any atom is -0.345 e. The van der Waals surface area contributed by atoms with Crippen molar-refractivity contribution in [1.29, 1.82) is 0 Å². The predicted octanol–water partition coefficient (Wildman–Crippen LogP) is 9.61. The summed E-state index contributed by atoms with van der Waals surface area (Å²) in [5.74, 6) is 0.624. The maximum absolute atomic E-state index is 13.6. The van der Waals surface area contributed by atoms with Gasteiger partial charge in [-0.1, -0.05) is 36.4 Å². The largest absolute Gasteiger partial charge is 0.345 e. The second kappa shape index (κ2) is 29.3. The molecule has 12 aromatic rings. The number of nitrogens with zero attached hydrogens (tertiary/aromatic N) is 13. The Labute approximate surface area is 536 Å². The molecule has 9 aromatic heterocycles. The van der Waals surface area contributed by atoms with Crippen LogP contribution in [-0.2, 0) is 76.3 Å². The lowest BCUT2D eigenvalue weighted by molar-refractivity contribution is -0.134. The molecule has 14 rings (SSSR count). The van der Waals surface area contributed by atoms with E-state index in [4.69, 9.17) is 4.98 Å². The van der Waals surface area contributed by atoms with Crippen LogP contribution in [-0.4, -0.2) is 112 Å². The van der Waals surface area contributed by atoms with Crippen molar-refractivity contribution < 1.29 is 32.3 Å². The van der Waals surface area contributed by atoms with Crippen molar-refractivity contribution in [2.24, 2.45) is 0 Å². The first-order valence-electron chi connectivity index (χ1n) is 29.7. The Bertz CT molecular complexity index is 4550. The second-order valence-electron chi connectivity index (χ2n) is 21.5. The van der Waals surface area contributed by atoms with E-state index in [2.05, 4.69) is 82.4 Å². The monoisotopic (exact) mass is 1300 g/mol. The Kier molecular flexibility index (Phi) is 19.8. The summed E-state index contributed by atoms with van der Waals surface area (Å²) in [5.41, 5.74) is 7.72. The van der Waals surface area contributed by atoms with Gasteiger partial charge in [0.1, 0.15) is 58.6 Å². The van der Waals surface area contributed by atoms with Gasteiger partial charge >= 0.3 is 0 Å². The normalized spacial score (nSPS) is 12.9. The van der Waals surface area contributed by atoms with Crippen LogP contribution in [0.1, 0.15) is 93.9 Å². The molecular formula is C65H60F3N17O4S3. The number of halogens is 3. The molecule has 2 aliphatic heterocycles. The summed E-state index contributed by atoms with van der Waals surface area (Å²) in [6.45, 7) is 4.82. The van der Waals surface area contributed by atoms with Crippen molar-refractivity contribution in [2.75, 3.05) is 19.6 Å². The van der Waals surface area contributed by atoms with Gasteiger partial charge in [0.05, 0.1) is 97.9 Å². The highest BCUT2D eigenvalue weighted by molar-refractivity contribution is 7.10. The highest BCUT2D eigenvalue weighted by Gasteiger charge is 2.27. The number of para-hydroxylation sites is 6. The Balaban J connectivity index is 0.000000133. The first-order chi connectivity index (χ1) is 44.9. The van der Waals surface area contributed by atoms with E-state index in [1.165, 1.54) is 94.5 Å². The third kappa shape index (κ3) is 15.4. The number of imidazole rings is 3. The number of thiazole rings is 3. The number of aromatic nitrogens is 12. The summed E-state index contributed by atoms with van der Waals surface area (Å²) >= 11 is 4.30. The molecule has 2 aliphatic rings. The molecule has 27 heteroatoms. The quantitative estimate of drug-likeness (QED) is 0.0519.